The average Bonchev–Trinajstić information content (AvgIpc) is 2.68. The molecule has 0 atom stereocenters. The fraction of sp³-hybridized carbons (Fsp3) is 0.786. The number of rotatable bonds is 3. The maximum atomic E-state index is 9.81. The summed E-state index contributed by atoms with van der Waals surface area (Å²) in [5, 5.41) is 0. The Morgan fingerprint density at radius 2 is 1.67 bits per heavy atom. The van der Waals surface area contributed by atoms with Gasteiger partial charge in [-0.25, -0.2) is 0 Å². The first-order valence-corrected chi connectivity index (χ1v) is 6.19. The van der Waals surface area contributed by atoms with Gasteiger partial charge >= 0.3 is 0 Å². The lowest BCUT2D eigenvalue weighted by Gasteiger charge is -2.03. The molecule has 0 unspecified atom stereocenters. The Balaban J connectivity index is 0.000000336. The zero-order valence-electron chi connectivity index (χ0n) is 10.8. The van der Waals surface area contributed by atoms with Crippen LogP contribution in [0.3, 0.4) is 0 Å². The third kappa shape index (κ3) is 9.71. The summed E-state index contributed by atoms with van der Waals surface area (Å²) in [6, 6.07) is 0. The van der Waals surface area contributed by atoms with Crippen LogP contribution < -0.4 is 0 Å². The lowest BCUT2D eigenvalue weighted by molar-refractivity contribution is -0.116. The quantitative estimate of drug-likeness (QED) is 0.626. The van der Waals surface area contributed by atoms with Gasteiger partial charge in [0.15, 0.2) is 0 Å². The van der Waals surface area contributed by atoms with Gasteiger partial charge in [-0.05, 0) is 33.1 Å². The van der Waals surface area contributed by atoms with Crippen molar-refractivity contribution >= 4 is 5.78 Å². The van der Waals surface area contributed by atoms with E-state index < -0.39 is 0 Å². The van der Waals surface area contributed by atoms with E-state index in [2.05, 4.69) is 19.9 Å². The highest BCUT2D eigenvalue weighted by Gasteiger charge is 2.12. The fourth-order valence-electron chi connectivity index (χ4n) is 1.65. The minimum Gasteiger partial charge on any atom is -0.300 e. The van der Waals surface area contributed by atoms with Crippen LogP contribution in [0.25, 0.3) is 0 Å². The Morgan fingerprint density at radius 3 is 2.00 bits per heavy atom. The molecule has 15 heavy (non-hydrogen) atoms. The molecule has 0 saturated heterocycles. The lowest BCUT2D eigenvalue weighted by atomic mass is 10.0. The van der Waals surface area contributed by atoms with E-state index in [9.17, 15) is 4.79 Å². The molecule has 0 spiro atoms. The van der Waals surface area contributed by atoms with Gasteiger partial charge in [-0.1, -0.05) is 44.3 Å². The van der Waals surface area contributed by atoms with Gasteiger partial charge in [-0.3, -0.25) is 0 Å². The molecule has 0 heterocycles. The highest BCUT2D eigenvalue weighted by molar-refractivity contribution is 5.74. The lowest BCUT2D eigenvalue weighted by Crippen LogP contribution is -1.89. The van der Waals surface area contributed by atoms with Gasteiger partial charge in [0.1, 0.15) is 5.78 Å². The molecule has 0 radical (unpaired) electrons. The first-order chi connectivity index (χ1) is 7.06. The summed E-state index contributed by atoms with van der Waals surface area (Å²) in [6.07, 6.45) is 10.3. The van der Waals surface area contributed by atoms with Crippen LogP contribution in [0.2, 0.25) is 0 Å². The van der Waals surface area contributed by atoms with Gasteiger partial charge in [0.25, 0.3) is 0 Å². The number of Topliss-reactive ketones (excluding diaryl/α,β-unsaturated/α-hetero) is 1. The van der Waals surface area contributed by atoms with E-state index in [1.54, 1.807) is 6.92 Å². The Hall–Kier alpha value is -0.590. The zero-order chi connectivity index (χ0) is 11.7. The van der Waals surface area contributed by atoms with E-state index in [-0.39, 0.29) is 5.78 Å². The number of carbonyl (C=O) groups is 1. The minimum absolute atomic E-state index is 0.255. The summed E-state index contributed by atoms with van der Waals surface area (Å²) in [5.74, 6) is 1.28. The van der Waals surface area contributed by atoms with Crippen LogP contribution in [0.5, 0.6) is 0 Å². The van der Waals surface area contributed by atoms with Gasteiger partial charge in [0, 0.05) is 6.42 Å². The summed E-state index contributed by atoms with van der Waals surface area (Å²) in [6.45, 7) is 7.81. The van der Waals surface area contributed by atoms with E-state index in [1.165, 1.54) is 37.7 Å². The molecule has 1 rings (SSSR count). The van der Waals surface area contributed by atoms with Gasteiger partial charge in [0.2, 0.25) is 0 Å². The van der Waals surface area contributed by atoms with Crippen LogP contribution in [0.1, 0.15) is 66.2 Å². The van der Waals surface area contributed by atoms with Crippen molar-refractivity contribution in [3.8, 4) is 0 Å². The first kappa shape index (κ1) is 14.4. The largest absolute Gasteiger partial charge is 0.300 e. The first-order valence-electron chi connectivity index (χ1n) is 6.19. The standard InChI is InChI=1S/C10H18.C4H8O/c1-9(2)7-8-10-5-3-4-6-10;1-3-4(2)5/h7,10H,3-6,8H2,1-2H3;3H2,1-2H3. The average molecular weight is 210 g/mol. The number of allylic oxidation sites excluding steroid dienone is 2. The van der Waals surface area contributed by atoms with Crippen molar-refractivity contribution < 1.29 is 4.79 Å². The summed E-state index contributed by atoms with van der Waals surface area (Å²) in [5.41, 5.74) is 1.48. The van der Waals surface area contributed by atoms with Gasteiger partial charge in [-0.2, -0.15) is 0 Å². The van der Waals surface area contributed by atoms with Gasteiger partial charge < -0.3 is 4.79 Å². The molecule has 88 valence electrons. The molecule has 1 fully saturated rings. The second-order valence-corrected chi connectivity index (χ2v) is 4.72. The molecule has 0 aliphatic heterocycles. The monoisotopic (exact) mass is 210 g/mol. The molecule has 1 nitrogen and oxygen atoms in total. The summed E-state index contributed by atoms with van der Waals surface area (Å²) >= 11 is 0. The Labute approximate surface area is 95.0 Å². The van der Waals surface area contributed by atoms with Crippen LogP contribution in [-0.4, -0.2) is 5.78 Å². The number of hydrogen-bond acceptors (Lipinski definition) is 1. The summed E-state index contributed by atoms with van der Waals surface area (Å²) < 4.78 is 0. The Morgan fingerprint density at radius 1 is 1.20 bits per heavy atom. The van der Waals surface area contributed by atoms with Crippen LogP contribution in [-0.2, 0) is 4.79 Å². The Bertz CT molecular complexity index is 193. The maximum Gasteiger partial charge on any atom is 0.129 e. The van der Waals surface area contributed by atoms with Crippen LogP contribution in [0.15, 0.2) is 11.6 Å². The van der Waals surface area contributed by atoms with Crippen molar-refractivity contribution in [3.63, 3.8) is 0 Å². The second kappa shape index (κ2) is 8.70. The van der Waals surface area contributed by atoms with E-state index in [0.717, 1.165) is 5.92 Å². The molecular weight excluding hydrogens is 184 g/mol. The predicted molar refractivity (Wildman–Crippen MR) is 67.0 cm³/mol. The molecule has 1 aliphatic rings. The number of carbonyl (C=O) groups excluding carboxylic acids is 1. The van der Waals surface area contributed by atoms with Crippen molar-refractivity contribution in [2.24, 2.45) is 5.92 Å². The number of ketones is 1. The van der Waals surface area contributed by atoms with Gasteiger partial charge in [0.05, 0.1) is 0 Å². The molecule has 0 bridgehead atoms. The molecule has 1 aliphatic carbocycles. The zero-order valence-corrected chi connectivity index (χ0v) is 10.8. The highest BCUT2D eigenvalue weighted by atomic mass is 16.1. The molecule has 0 aromatic rings. The Kier molecular flexibility index (Phi) is 8.35. The van der Waals surface area contributed by atoms with Crippen LogP contribution in [0, 0.1) is 5.92 Å². The summed E-state index contributed by atoms with van der Waals surface area (Å²) in [4.78, 5) is 9.81. The highest BCUT2D eigenvalue weighted by Crippen LogP contribution is 2.27. The molecule has 0 aromatic heterocycles. The normalized spacial score (nSPS) is 15.5. The van der Waals surface area contributed by atoms with Crippen molar-refractivity contribution in [3.05, 3.63) is 11.6 Å². The smallest absolute Gasteiger partial charge is 0.129 e. The minimum atomic E-state index is 0.255. The SMILES string of the molecule is CC(C)=CCC1CCCC1.CCC(C)=O. The van der Waals surface area contributed by atoms with Crippen molar-refractivity contribution in [1.29, 1.82) is 0 Å². The maximum absolute atomic E-state index is 9.81. The van der Waals surface area contributed by atoms with E-state index >= 15 is 0 Å². The molecule has 1 heteroatoms. The molecule has 0 N–H and O–H groups in total. The van der Waals surface area contributed by atoms with E-state index in [4.69, 9.17) is 0 Å². The number of hydrogen-bond donors (Lipinski definition) is 0. The van der Waals surface area contributed by atoms with Crippen LogP contribution in [0.4, 0.5) is 0 Å². The second-order valence-electron chi connectivity index (χ2n) is 4.72. The molecule has 0 aromatic carbocycles. The molecular formula is C14H26O. The van der Waals surface area contributed by atoms with Crippen molar-refractivity contribution in [2.75, 3.05) is 0 Å². The third-order valence-corrected chi connectivity index (χ3v) is 2.83. The third-order valence-electron chi connectivity index (χ3n) is 2.83. The van der Waals surface area contributed by atoms with Gasteiger partial charge in [-0.15, -0.1) is 0 Å². The molecule has 0 amide bonds. The summed E-state index contributed by atoms with van der Waals surface area (Å²) in [7, 11) is 0. The van der Waals surface area contributed by atoms with Crippen molar-refractivity contribution in [2.45, 2.75) is 66.2 Å². The topological polar surface area (TPSA) is 17.1 Å². The predicted octanol–water partition coefficient (Wildman–Crippen LogP) is 4.52. The van der Waals surface area contributed by atoms with Crippen molar-refractivity contribution in [1.82, 2.24) is 0 Å². The van der Waals surface area contributed by atoms with E-state index in [1.807, 2.05) is 6.92 Å². The van der Waals surface area contributed by atoms with E-state index in [0.29, 0.717) is 6.42 Å². The molecule has 1 saturated carbocycles. The fourth-order valence-corrected chi connectivity index (χ4v) is 1.65. The van der Waals surface area contributed by atoms with Crippen LogP contribution >= 0.6 is 0 Å².